The fourth-order valence-corrected chi connectivity index (χ4v) is 5.20. The van der Waals surface area contributed by atoms with Crippen molar-refractivity contribution in [2.45, 2.75) is 19.1 Å². The fourth-order valence-electron chi connectivity index (χ4n) is 5.20. The third-order valence-electron chi connectivity index (χ3n) is 7.35. The van der Waals surface area contributed by atoms with Crippen molar-refractivity contribution >= 4 is 23.2 Å². The number of carbonyl (C=O) groups excluding carboxylic acids is 2. The molecule has 1 fully saturated rings. The molecule has 5 rings (SSSR count). The van der Waals surface area contributed by atoms with E-state index in [4.69, 9.17) is 4.74 Å². The molecule has 1 N–H and O–H groups in total. The average molecular weight is 565 g/mol. The van der Waals surface area contributed by atoms with Gasteiger partial charge in [-0.3, -0.25) is 24.6 Å². The molecular weight excluding hydrogens is 532 g/mol. The molecule has 0 radical (unpaired) electrons. The number of nitro groups is 1. The monoisotopic (exact) mass is 564 g/mol. The first kappa shape index (κ1) is 28.5. The number of nitrogens with zero attached hydrogens (tertiary/aromatic N) is 3. The van der Waals surface area contributed by atoms with Gasteiger partial charge in [0.2, 0.25) is 0 Å². The lowest BCUT2D eigenvalue weighted by atomic mass is 9.96. The van der Waals surface area contributed by atoms with Gasteiger partial charge in [-0.25, -0.2) is 0 Å². The van der Waals surface area contributed by atoms with Gasteiger partial charge in [0.25, 0.3) is 11.8 Å². The predicted octanol–water partition coefficient (Wildman–Crippen LogP) is 5.55. The molecule has 1 atom stereocenters. The lowest BCUT2D eigenvalue weighted by Gasteiger charge is -2.40. The first-order valence-corrected chi connectivity index (χ1v) is 13.9. The summed E-state index contributed by atoms with van der Waals surface area (Å²) >= 11 is 0. The van der Waals surface area contributed by atoms with Gasteiger partial charge in [-0.05, 0) is 36.2 Å². The number of nitrogens with one attached hydrogen (secondary N) is 1. The molecule has 1 aliphatic heterocycles. The molecule has 0 spiro atoms. The summed E-state index contributed by atoms with van der Waals surface area (Å²) in [5.41, 5.74) is 2.91. The number of para-hydroxylation sites is 3. The van der Waals surface area contributed by atoms with E-state index < -0.39 is 16.9 Å². The zero-order valence-electron chi connectivity index (χ0n) is 23.3. The number of hydrogen-bond donors (Lipinski definition) is 1. The van der Waals surface area contributed by atoms with Crippen LogP contribution in [0.25, 0.3) is 0 Å². The van der Waals surface area contributed by atoms with E-state index in [0.29, 0.717) is 37.4 Å². The molecule has 42 heavy (non-hydrogen) atoms. The number of nitro benzene ring substituents is 1. The Morgan fingerprint density at radius 1 is 0.786 bits per heavy atom. The Morgan fingerprint density at radius 3 is 1.95 bits per heavy atom. The second-order valence-corrected chi connectivity index (χ2v) is 10.1. The van der Waals surface area contributed by atoms with Crippen LogP contribution < -0.4 is 10.1 Å². The minimum atomic E-state index is -1.04. The number of benzene rings is 4. The van der Waals surface area contributed by atoms with Crippen molar-refractivity contribution in [3.05, 3.63) is 136 Å². The maximum absolute atomic E-state index is 13.6. The van der Waals surface area contributed by atoms with Gasteiger partial charge in [0.05, 0.1) is 22.2 Å². The molecule has 1 aliphatic rings. The molecule has 2 amide bonds. The van der Waals surface area contributed by atoms with Crippen molar-refractivity contribution in [1.82, 2.24) is 9.80 Å². The first-order valence-electron chi connectivity index (χ1n) is 13.9. The van der Waals surface area contributed by atoms with Crippen molar-refractivity contribution in [3.8, 4) is 5.75 Å². The third-order valence-corrected chi connectivity index (χ3v) is 7.35. The van der Waals surface area contributed by atoms with E-state index in [1.807, 2.05) is 41.3 Å². The first-order chi connectivity index (χ1) is 20.4. The Morgan fingerprint density at radius 2 is 1.33 bits per heavy atom. The van der Waals surface area contributed by atoms with Crippen molar-refractivity contribution < 1.29 is 19.2 Å². The van der Waals surface area contributed by atoms with Crippen molar-refractivity contribution in [3.63, 3.8) is 0 Å². The summed E-state index contributed by atoms with van der Waals surface area (Å²) in [5.74, 6) is -0.697. The van der Waals surface area contributed by atoms with E-state index in [0.717, 1.165) is 0 Å². The molecular formula is C33H32N4O5. The standard InChI is InChI=1S/C33H32N4O5/c1-24(42-30-19-11-10-18-29(30)37(40)41)32(38)34-28-17-9-8-16-27(28)33(39)36-22-20-35(21-23-36)31(25-12-4-2-5-13-25)26-14-6-3-7-15-26/h2-19,24,31H,20-23H2,1H3,(H,34,38). The smallest absolute Gasteiger partial charge is 0.310 e. The Hall–Kier alpha value is -5.02. The van der Waals surface area contributed by atoms with E-state index in [9.17, 15) is 19.7 Å². The van der Waals surface area contributed by atoms with Crippen molar-refractivity contribution in [2.75, 3.05) is 31.5 Å². The highest BCUT2D eigenvalue weighted by Gasteiger charge is 2.30. The number of carbonyl (C=O) groups is 2. The van der Waals surface area contributed by atoms with Crippen LogP contribution in [0, 0.1) is 10.1 Å². The zero-order chi connectivity index (χ0) is 29.5. The Balaban J connectivity index is 1.26. The highest BCUT2D eigenvalue weighted by molar-refractivity contribution is 6.04. The zero-order valence-corrected chi connectivity index (χ0v) is 23.3. The summed E-state index contributed by atoms with van der Waals surface area (Å²) in [4.78, 5) is 41.6. The number of hydrogen-bond acceptors (Lipinski definition) is 6. The third kappa shape index (κ3) is 6.47. The lowest BCUT2D eigenvalue weighted by Crippen LogP contribution is -2.50. The molecule has 0 bridgehead atoms. The van der Waals surface area contributed by atoms with Crippen LogP contribution in [0.4, 0.5) is 11.4 Å². The second-order valence-electron chi connectivity index (χ2n) is 10.1. The van der Waals surface area contributed by atoms with Crippen LogP contribution in [0.1, 0.15) is 34.5 Å². The molecule has 1 heterocycles. The van der Waals surface area contributed by atoms with Crippen LogP contribution in [0.2, 0.25) is 0 Å². The highest BCUT2D eigenvalue weighted by Crippen LogP contribution is 2.30. The van der Waals surface area contributed by atoms with Gasteiger partial charge in [-0.1, -0.05) is 84.9 Å². The van der Waals surface area contributed by atoms with Crippen LogP contribution in [-0.2, 0) is 4.79 Å². The van der Waals surface area contributed by atoms with E-state index in [2.05, 4.69) is 34.5 Å². The quantitative estimate of drug-likeness (QED) is 0.211. The molecule has 0 aromatic heterocycles. The number of anilines is 1. The molecule has 4 aromatic rings. The van der Waals surface area contributed by atoms with E-state index in [1.165, 1.54) is 36.2 Å². The summed E-state index contributed by atoms with van der Waals surface area (Å²) in [5, 5.41) is 14.1. The summed E-state index contributed by atoms with van der Waals surface area (Å²) in [6, 6.07) is 33.6. The van der Waals surface area contributed by atoms with Gasteiger partial charge in [0, 0.05) is 32.2 Å². The summed E-state index contributed by atoms with van der Waals surface area (Å²) in [7, 11) is 0. The molecule has 1 saturated heterocycles. The van der Waals surface area contributed by atoms with Crippen molar-refractivity contribution in [2.24, 2.45) is 0 Å². The molecule has 9 nitrogen and oxygen atoms in total. The van der Waals surface area contributed by atoms with E-state index in [-0.39, 0.29) is 23.4 Å². The van der Waals surface area contributed by atoms with Gasteiger partial charge in [0.15, 0.2) is 11.9 Å². The summed E-state index contributed by atoms with van der Waals surface area (Å²) in [6.45, 7) is 3.96. The number of amides is 2. The van der Waals surface area contributed by atoms with Gasteiger partial charge in [-0.2, -0.15) is 0 Å². The van der Waals surface area contributed by atoms with Gasteiger partial charge in [0.1, 0.15) is 0 Å². The highest BCUT2D eigenvalue weighted by atomic mass is 16.6. The molecule has 0 aliphatic carbocycles. The Kier molecular flexibility index (Phi) is 8.89. The van der Waals surface area contributed by atoms with Crippen LogP contribution in [0.3, 0.4) is 0 Å². The van der Waals surface area contributed by atoms with Crippen molar-refractivity contribution in [1.29, 1.82) is 0 Å². The normalized spacial score (nSPS) is 14.3. The van der Waals surface area contributed by atoms with Crippen LogP contribution >= 0.6 is 0 Å². The van der Waals surface area contributed by atoms with Gasteiger partial charge < -0.3 is 15.0 Å². The molecule has 9 heteroatoms. The molecule has 4 aromatic carbocycles. The van der Waals surface area contributed by atoms with Crippen LogP contribution in [0.15, 0.2) is 109 Å². The summed E-state index contributed by atoms with van der Waals surface area (Å²) in [6.07, 6.45) is -1.04. The topological polar surface area (TPSA) is 105 Å². The average Bonchev–Trinajstić information content (AvgIpc) is 3.02. The molecule has 1 unspecified atom stereocenters. The second kappa shape index (κ2) is 13.1. The minimum absolute atomic E-state index is 0.00306. The Bertz CT molecular complexity index is 1500. The largest absolute Gasteiger partial charge is 0.474 e. The van der Waals surface area contributed by atoms with E-state index in [1.54, 1.807) is 30.3 Å². The Labute approximate surface area is 244 Å². The molecule has 0 saturated carbocycles. The molecule has 214 valence electrons. The SMILES string of the molecule is CC(Oc1ccccc1[N+](=O)[O-])C(=O)Nc1ccccc1C(=O)N1CCN(C(c2ccccc2)c2ccccc2)CC1. The van der Waals surface area contributed by atoms with E-state index >= 15 is 0 Å². The maximum atomic E-state index is 13.6. The van der Waals surface area contributed by atoms with Gasteiger partial charge in [-0.15, -0.1) is 0 Å². The maximum Gasteiger partial charge on any atom is 0.310 e. The minimum Gasteiger partial charge on any atom is -0.474 e. The predicted molar refractivity (Wildman–Crippen MR) is 160 cm³/mol. The fraction of sp³-hybridized carbons (Fsp3) is 0.212. The van der Waals surface area contributed by atoms with Crippen LogP contribution in [-0.4, -0.2) is 58.8 Å². The summed E-state index contributed by atoms with van der Waals surface area (Å²) < 4.78 is 5.61. The lowest BCUT2D eigenvalue weighted by molar-refractivity contribution is -0.386. The van der Waals surface area contributed by atoms with Gasteiger partial charge >= 0.3 is 5.69 Å². The number of ether oxygens (including phenoxy) is 1. The number of rotatable bonds is 9. The number of piperazine rings is 1. The van der Waals surface area contributed by atoms with Crippen LogP contribution in [0.5, 0.6) is 5.75 Å².